The summed E-state index contributed by atoms with van der Waals surface area (Å²) >= 11 is 0. The molecule has 0 N–H and O–H groups in total. The number of pyridine rings is 1. The van der Waals surface area contributed by atoms with E-state index < -0.39 is 0 Å². The molecule has 0 aliphatic rings. The monoisotopic (exact) mass is 480 g/mol. The van der Waals surface area contributed by atoms with Crippen LogP contribution in [0.2, 0.25) is 0 Å². The molecule has 3 aromatic carbocycles. The van der Waals surface area contributed by atoms with Gasteiger partial charge in [0.1, 0.15) is 6.10 Å². The van der Waals surface area contributed by atoms with Gasteiger partial charge in [0.2, 0.25) is 0 Å². The van der Waals surface area contributed by atoms with Crippen LogP contribution in [0.5, 0.6) is 0 Å². The van der Waals surface area contributed by atoms with Gasteiger partial charge in [0.25, 0.3) is 0 Å². The Labute approximate surface area is 211 Å². The lowest BCUT2D eigenvalue weighted by molar-refractivity contribution is 0.0628. The maximum absolute atomic E-state index is 9.78. The lowest BCUT2D eigenvalue weighted by Crippen LogP contribution is -2.11. The molecule has 0 fully saturated rings. The van der Waals surface area contributed by atoms with E-state index in [0.29, 0.717) is 12.2 Å². The summed E-state index contributed by atoms with van der Waals surface area (Å²) < 4.78 is 8.53. The van der Waals surface area contributed by atoms with Crippen molar-refractivity contribution >= 4 is 23.3 Å². The first kappa shape index (κ1) is 24.2. The predicted molar refractivity (Wildman–Crippen MR) is 140 cm³/mol. The van der Waals surface area contributed by atoms with Crippen molar-refractivity contribution in [1.29, 1.82) is 5.26 Å². The fraction of sp³-hybridized carbons (Fsp3) is 0.138. The van der Waals surface area contributed by atoms with Crippen LogP contribution in [0.25, 0.3) is 22.0 Å². The number of nitrogens with zero attached hydrogens (tertiary/aromatic N) is 4. The molecule has 174 valence electrons. The number of benzene rings is 3. The number of halogens is 1. The predicted octanol–water partition coefficient (Wildman–Crippen LogP) is 6.54. The Kier molecular flexibility index (Phi) is 7.26. The highest BCUT2D eigenvalue weighted by Crippen LogP contribution is 2.34. The number of rotatable bonds is 6. The topological polar surface area (TPSA) is 63.7 Å². The second-order valence-corrected chi connectivity index (χ2v) is 8.34. The molecule has 0 aliphatic heterocycles. The van der Waals surface area contributed by atoms with Gasteiger partial charge < -0.3 is 9.30 Å². The Balaban J connectivity index is 0.00000289. The van der Waals surface area contributed by atoms with Crippen molar-refractivity contribution in [2.24, 2.45) is 7.05 Å². The van der Waals surface area contributed by atoms with Crippen LogP contribution in [0, 0.1) is 18.3 Å². The van der Waals surface area contributed by atoms with E-state index in [4.69, 9.17) is 4.74 Å². The highest BCUT2D eigenvalue weighted by Gasteiger charge is 2.21. The minimum absolute atomic E-state index is 0. The van der Waals surface area contributed by atoms with E-state index in [-0.39, 0.29) is 18.5 Å². The first-order valence-electron chi connectivity index (χ1n) is 11.2. The van der Waals surface area contributed by atoms with Crippen LogP contribution in [0.15, 0.2) is 91.5 Å². The Morgan fingerprint density at radius 2 is 1.83 bits per heavy atom. The molecule has 0 radical (unpaired) electrons. The summed E-state index contributed by atoms with van der Waals surface area (Å²) in [5, 5.41) is 10.9. The first-order chi connectivity index (χ1) is 16.7. The second-order valence-electron chi connectivity index (χ2n) is 8.34. The summed E-state index contributed by atoms with van der Waals surface area (Å²) in [6, 6.07) is 26.5. The third kappa shape index (κ3) is 4.81. The number of hydrogen-bond donors (Lipinski definition) is 0. The van der Waals surface area contributed by atoms with Gasteiger partial charge in [-0.2, -0.15) is 5.26 Å². The second kappa shape index (κ2) is 10.5. The molecule has 1 atom stereocenters. The largest absolute Gasteiger partial charge is 0.362 e. The van der Waals surface area contributed by atoms with Crippen molar-refractivity contribution in [1.82, 2.24) is 14.5 Å². The lowest BCUT2D eigenvalue weighted by atomic mass is 9.93. The molecular formula is C29H25ClN4O. The highest BCUT2D eigenvalue weighted by molar-refractivity contribution is 5.85. The molecule has 5 aromatic rings. The van der Waals surface area contributed by atoms with Crippen LogP contribution < -0.4 is 0 Å². The molecule has 0 bridgehead atoms. The molecule has 2 aromatic heterocycles. The van der Waals surface area contributed by atoms with Gasteiger partial charge in [0, 0.05) is 29.8 Å². The van der Waals surface area contributed by atoms with Crippen molar-refractivity contribution in [2.45, 2.75) is 19.6 Å². The summed E-state index contributed by atoms with van der Waals surface area (Å²) in [6.07, 6.45) is 5.05. The third-order valence-electron chi connectivity index (χ3n) is 6.15. The van der Waals surface area contributed by atoms with Gasteiger partial charge in [-0.05, 0) is 41.8 Å². The summed E-state index contributed by atoms with van der Waals surface area (Å²) in [5.41, 5.74) is 7.58. The smallest absolute Gasteiger partial charge is 0.124 e. The normalized spacial score (nSPS) is 11.6. The van der Waals surface area contributed by atoms with Gasteiger partial charge in [0.15, 0.2) is 0 Å². The molecule has 35 heavy (non-hydrogen) atoms. The Hall–Kier alpha value is -3.98. The fourth-order valence-electron chi connectivity index (χ4n) is 4.35. The molecule has 0 aliphatic carbocycles. The van der Waals surface area contributed by atoms with Crippen LogP contribution in [-0.2, 0) is 18.4 Å². The molecule has 5 nitrogen and oxygen atoms in total. The Bertz CT molecular complexity index is 1510. The van der Waals surface area contributed by atoms with Crippen LogP contribution in [0.4, 0.5) is 0 Å². The van der Waals surface area contributed by atoms with Crippen molar-refractivity contribution in [2.75, 3.05) is 0 Å². The molecule has 2 heterocycles. The highest BCUT2D eigenvalue weighted by atomic mass is 35.5. The molecule has 6 heteroatoms. The SMILES string of the molecule is Cc1ccccc1-c1cc(C(OCc2cccc3cccnc23)c2cncn2C)ccc1C#N.Cl. The van der Waals surface area contributed by atoms with E-state index in [9.17, 15) is 5.26 Å². The summed E-state index contributed by atoms with van der Waals surface area (Å²) in [6.45, 7) is 2.45. The number of aryl methyl sites for hydroxylation is 2. The van der Waals surface area contributed by atoms with Crippen molar-refractivity contribution in [3.05, 3.63) is 119 Å². The summed E-state index contributed by atoms with van der Waals surface area (Å²) in [7, 11) is 1.96. The minimum atomic E-state index is -0.359. The lowest BCUT2D eigenvalue weighted by Gasteiger charge is -2.21. The van der Waals surface area contributed by atoms with Crippen molar-refractivity contribution in [3.8, 4) is 17.2 Å². The molecule has 0 saturated carbocycles. The third-order valence-corrected chi connectivity index (χ3v) is 6.15. The number of aromatic nitrogens is 3. The molecular weight excluding hydrogens is 456 g/mol. The number of imidazole rings is 1. The average Bonchev–Trinajstić information content (AvgIpc) is 3.30. The zero-order valence-electron chi connectivity index (χ0n) is 19.6. The van der Waals surface area contributed by atoms with Crippen LogP contribution in [0.3, 0.4) is 0 Å². The number of para-hydroxylation sites is 1. The van der Waals surface area contributed by atoms with Gasteiger partial charge in [-0.1, -0.05) is 54.6 Å². The maximum Gasteiger partial charge on any atom is 0.124 e. The van der Waals surface area contributed by atoms with Gasteiger partial charge in [-0.25, -0.2) is 4.98 Å². The summed E-state index contributed by atoms with van der Waals surface area (Å²) in [4.78, 5) is 8.88. The van der Waals surface area contributed by atoms with Crippen molar-refractivity contribution in [3.63, 3.8) is 0 Å². The summed E-state index contributed by atoms with van der Waals surface area (Å²) in [5.74, 6) is 0. The van der Waals surface area contributed by atoms with Gasteiger partial charge in [0.05, 0.1) is 42.0 Å². The number of hydrogen-bond acceptors (Lipinski definition) is 4. The van der Waals surface area contributed by atoms with Crippen LogP contribution in [0.1, 0.15) is 34.1 Å². The fourth-order valence-corrected chi connectivity index (χ4v) is 4.35. The maximum atomic E-state index is 9.78. The molecule has 0 amide bonds. The molecule has 0 spiro atoms. The standard InChI is InChI=1S/C29H24N4O.ClH/c1-20-7-3-4-11-25(20)26-15-22(12-13-23(26)16-30)29(27-17-31-19-33(27)2)34-18-24-9-5-8-21-10-6-14-32-28(21)24;/h3-15,17,19,29H,18H2,1-2H3;1H. The molecule has 0 saturated heterocycles. The number of ether oxygens (including phenoxy) is 1. The molecule has 5 rings (SSSR count). The Morgan fingerprint density at radius 1 is 1.00 bits per heavy atom. The van der Waals surface area contributed by atoms with E-state index in [1.165, 1.54) is 0 Å². The zero-order chi connectivity index (χ0) is 23.5. The zero-order valence-corrected chi connectivity index (χ0v) is 20.4. The Morgan fingerprint density at radius 3 is 2.60 bits per heavy atom. The average molecular weight is 481 g/mol. The van der Waals surface area contributed by atoms with E-state index in [0.717, 1.165) is 44.4 Å². The van der Waals surface area contributed by atoms with Crippen LogP contribution >= 0.6 is 12.4 Å². The van der Waals surface area contributed by atoms with E-state index in [1.54, 1.807) is 12.5 Å². The van der Waals surface area contributed by atoms with E-state index in [2.05, 4.69) is 53.3 Å². The van der Waals surface area contributed by atoms with E-state index >= 15 is 0 Å². The van der Waals surface area contributed by atoms with Gasteiger partial charge >= 0.3 is 0 Å². The minimum Gasteiger partial charge on any atom is -0.362 e. The number of fused-ring (bicyclic) bond motifs is 1. The van der Waals surface area contributed by atoms with Gasteiger partial charge in [-0.3, -0.25) is 4.98 Å². The van der Waals surface area contributed by atoms with E-state index in [1.807, 2.05) is 60.3 Å². The number of nitriles is 1. The molecule has 1 unspecified atom stereocenters. The van der Waals surface area contributed by atoms with Crippen molar-refractivity contribution < 1.29 is 4.74 Å². The van der Waals surface area contributed by atoms with Gasteiger partial charge in [-0.15, -0.1) is 12.4 Å². The van der Waals surface area contributed by atoms with Crippen LogP contribution in [-0.4, -0.2) is 14.5 Å². The quantitative estimate of drug-likeness (QED) is 0.276. The first-order valence-corrected chi connectivity index (χ1v) is 11.2.